The van der Waals surface area contributed by atoms with Gasteiger partial charge in [0, 0.05) is 39.3 Å². The summed E-state index contributed by atoms with van der Waals surface area (Å²) in [5.41, 5.74) is 21.0. The van der Waals surface area contributed by atoms with E-state index in [0.29, 0.717) is 11.8 Å². The smallest absolute Gasteiger partial charge is 0.0540 e. The molecule has 0 radical (unpaired) electrons. The number of nitrogens with zero attached hydrogens (tertiary/aromatic N) is 1. The Hall–Kier alpha value is -6.64. The average Bonchev–Trinajstić information content (AvgIpc) is 3.53. The Bertz CT molecular complexity index is 2930. The SMILES string of the molecule is CC1C=CC=CC1c1c2c(c3c(c1Nc1ccc(-c4ccc(N(c5ccc6c(c5)C(C)(C)c5ccccc5-6)c5cccc6ccccc56)cc4)cc1)C=CCC3)CCC=C2. The summed E-state index contributed by atoms with van der Waals surface area (Å²) in [6.45, 7) is 7.08. The minimum atomic E-state index is -0.0888. The van der Waals surface area contributed by atoms with Gasteiger partial charge < -0.3 is 10.2 Å². The van der Waals surface area contributed by atoms with Crippen LogP contribution in [0, 0.1) is 5.92 Å². The summed E-state index contributed by atoms with van der Waals surface area (Å²) in [4.78, 5) is 2.44. The monoisotopic (exact) mass is 774 g/mol. The topological polar surface area (TPSA) is 15.3 Å². The molecule has 292 valence electrons. The fraction of sp³-hybridized carbons (Fsp3) is 0.172. The van der Waals surface area contributed by atoms with Crippen LogP contribution >= 0.6 is 0 Å². The standard InChI is InChI=1S/C58H50N2/c1-38-15-4-6-18-45(38)56-51-23-10-8-20-47(51)48-21-9-11-24-52(48)57(56)59-42-31-27-39(28-32-42)40-29-33-43(34-30-40)60(55-26-14-17-41-16-5-7-19-46(41)55)44-35-36-50-49-22-12-13-25-53(49)58(2,3)54(50)37-44/h4-7,10-19,22-38,45,59H,8-9,20-21H2,1-3H3. The third kappa shape index (κ3) is 6.00. The summed E-state index contributed by atoms with van der Waals surface area (Å²) in [6, 6.07) is 49.5. The molecular weight excluding hydrogens is 725 g/mol. The highest BCUT2D eigenvalue weighted by molar-refractivity contribution is 5.99. The predicted molar refractivity (Wildman–Crippen MR) is 256 cm³/mol. The zero-order valence-electron chi connectivity index (χ0n) is 34.8. The first kappa shape index (κ1) is 36.4. The highest BCUT2D eigenvalue weighted by Crippen LogP contribution is 2.51. The van der Waals surface area contributed by atoms with Crippen molar-refractivity contribution in [1.82, 2.24) is 0 Å². The molecule has 2 unspecified atom stereocenters. The fourth-order valence-electron chi connectivity index (χ4n) is 10.6. The molecule has 0 saturated carbocycles. The number of rotatable bonds is 7. The maximum Gasteiger partial charge on any atom is 0.0540 e. The lowest BCUT2D eigenvalue weighted by atomic mass is 9.74. The van der Waals surface area contributed by atoms with E-state index >= 15 is 0 Å². The molecule has 0 heterocycles. The minimum absolute atomic E-state index is 0.0888. The van der Waals surface area contributed by atoms with Crippen LogP contribution in [0.5, 0.6) is 0 Å². The maximum atomic E-state index is 4.00. The summed E-state index contributed by atoms with van der Waals surface area (Å²) in [6.07, 6.45) is 23.2. The van der Waals surface area contributed by atoms with Crippen molar-refractivity contribution in [2.45, 2.75) is 57.8 Å². The van der Waals surface area contributed by atoms with Gasteiger partial charge in [-0.1, -0.05) is 160 Å². The molecule has 0 aromatic heterocycles. The van der Waals surface area contributed by atoms with Crippen molar-refractivity contribution < 1.29 is 0 Å². The first-order chi connectivity index (χ1) is 29.4. The molecule has 0 bridgehead atoms. The van der Waals surface area contributed by atoms with E-state index in [1.165, 1.54) is 77.8 Å². The lowest BCUT2D eigenvalue weighted by Crippen LogP contribution is -2.17. The Balaban J connectivity index is 0.950. The quantitative estimate of drug-likeness (QED) is 0.173. The molecule has 0 aliphatic heterocycles. The van der Waals surface area contributed by atoms with Gasteiger partial charge in [0.25, 0.3) is 0 Å². The molecule has 0 amide bonds. The summed E-state index contributed by atoms with van der Waals surface area (Å²) in [5.74, 6) is 0.745. The van der Waals surface area contributed by atoms with Gasteiger partial charge in [-0.3, -0.25) is 0 Å². The normalized spacial score (nSPS) is 17.9. The molecule has 2 heteroatoms. The molecule has 2 nitrogen and oxygen atoms in total. The van der Waals surface area contributed by atoms with Crippen molar-refractivity contribution in [2.24, 2.45) is 5.92 Å². The Labute approximate surface area is 354 Å². The average molecular weight is 775 g/mol. The van der Waals surface area contributed by atoms with Crippen LogP contribution in [0.2, 0.25) is 0 Å². The van der Waals surface area contributed by atoms with Gasteiger partial charge in [-0.2, -0.15) is 0 Å². The van der Waals surface area contributed by atoms with E-state index in [9.17, 15) is 0 Å². The van der Waals surface area contributed by atoms with Gasteiger partial charge in [-0.25, -0.2) is 0 Å². The molecule has 4 aliphatic rings. The Morgan fingerprint density at radius 3 is 2.05 bits per heavy atom. The predicted octanol–water partition coefficient (Wildman–Crippen LogP) is 15.8. The van der Waals surface area contributed by atoms with Crippen LogP contribution in [0.1, 0.15) is 78.5 Å². The van der Waals surface area contributed by atoms with Crippen molar-refractivity contribution in [3.8, 4) is 22.3 Å². The molecule has 7 aromatic carbocycles. The largest absolute Gasteiger partial charge is 0.355 e. The number of nitrogens with one attached hydrogen (secondary N) is 1. The molecule has 0 saturated heterocycles. The molecule has 60 heavy (non-hydrogen) atoms. The molecule has 4 aliphatic carbocycles. The van der Waals surface area contributed by atoms with Gasteiger partial charge in [0.1, 0.15) is 0 Å². The third-order valence-electron chi connectivity index (χ3n) is 13.7. The van der Waals surface area contributed by atoms with Gasteiger partial charge >= 0.3 is 0 Å². The molecule has 2 atom stereocenters. The maximum absolute atomic E-state index is 4.00. The zero-order chi connectivity index (χ0) is 40.4. The van der Waals surface area contributed by atoms with Crippen LogP contribution in [0.4, 0.5) is 28.4 Å². The molecular formula is C58H50N2. The molecule has 11 rings (SSSR count). The van der Waals surface area contributed by atoms with Crippen molar-refractivity contribution in [1.29, 1.82) is 0 Å². The Morgan fingerprint density at radius 2 is 1.25 bits per heavy atom. The van der Waals surface area contributed by atoms with E-state index in [1.807, 2.05) is 0 Å². The molecule has 7 aromatic rings. The van der Waals surface area contributed by atoms with Crippen LogP contribution in [0.25, 0.3) is 45.2 Å². The van der Waals surface area contributed by atoms with E-state index in [1.54, 1.807) is 5.56 Å². The zero-order valence-corrected chi connectivity index (χ0v) is 34.8. The first-order valence-corrected chi connectivity index (χ1v) is 21.8. The van der Waals surface area contributed by atoms with Crippen LogP contribution in [-0.2, 0) is 18.3 Å². The van der Waals surface area contributed by atoms with Crippen LogP contribution in [-0.4, -0.2) is 0 Å². The molecule has 0 fully saturated rings. The van der Waals surface area contributed by atoms with Crippen molar-refractivity contribution in [3.63, 3.8) is 0 Å². The summed E-state index contributed by atoms with van der Waals surface area (Å²) >= 11 is 0. The van der Waals surface area contributed by atoms with Gasteiger partial charge in [0.2, 0.25) is 0 Å². The third-order valence-corrected chi connectivity index (χ3v) is 13.7. The second kappa shape index (κ2) is 14.6. The first-order valence-electron chi connectivity index (χ1n) is 21.8. The Kier molecular flexibility index (Phi) is 8.85. The molecule has 0 spiro atoms. The van der Waals surface area contributed by atoms with Crippen LogP contribution < -0.4 is 10.2 Å². The minimum Gasteiger partial charge on any atom is -0.355 e. The second-order valence-corrected chi connectivity index (χ2v) is 17.6. The number of hydrogen-bond donors (Lipinski definition) is 1. The number of anilines is 5. The van der Waals surface area contributed by atoms with E-state index in [-0.39, 0.29) is 5.41 Å². The van der Waals surface area contributed by atoms with Crippen molar-refractivity contribution >= 4 is 51.4 Å². The van der Waals surface area contributed by atoms with E-state index in [2.05, 4.69) is 213 Å². The van der Waals surface area contributed by atoms with Gasteiger partial charge in [-0.05, 0) is 135 Å². The van der Waals surface area contributed by atoms with Crippen LogP contribution in [0.3, 0.4) is 0 Å². The lowest BCUT2D eigenvalue weighted by molar-refractivity contribution is 0.634. The van der Waals surface area contributed by atoms with E-state index < -0.39 is 0 Å². The summed E-state index contributed by atoms with van der Waals surface area (Å²) in [5, 5.41) is 6.47. The number of hydrogen-bond acceptors (Lipinski definition) is 2. The van der Waals surface area contributed by atoms with Gasteiger partial charge in [0.15, 0.2) is 0 Å². The summed E-state index contributed by atoms with van der Waals surface area (Å²) in [7, 11) is 0. The van der Waals surface area contributed by atoms with Gasteiger partial charge in [-0.15, -0.1) is 0 Å². The van der Waals surface area contributed by atoms with Crippen molar-refractivity contribution in [3.05, 3.63) is 209 Å². The van der Waals surface area contributed by atoms with Gasteiger partial charge in [0.05, 0.1) is 11.4 Å². The molecule has 1 N–H and O–H groups in total. The Morgan fingerprint density at radius 1 is 0.600 bits per heavy atom. The highest BCUT2D eigenvalue weighted by atomic mass is 15.1. The van der Waals surface area contributed by atoms with E-state index in [4.69, 9.17) is 0 Å². The van der Waals surface area contributed by atoms with Crippen molar-refractivity contribution in [2.75, 3.05) is 10.2 Å². The van der Waals surface area contributed by atoms with E-state index in [0.717, 1.165) is 42.7 Å². The summed E-state index contributed by atoms with van der Waals surface area (Å²) < 4.78 is 0. The van der Waals surface area contributed by atoms with Crippen LogP contribution in [0.15, 0.2) is 170 Å². The number of fused-ring (bicyclic) bond motifs is 7. The lowest BCUT2D eigenvalue weighted by Gasteiger charge is -2.33. The number of benzene rings is 7. The highest BCUT2D eigenvalue weighted by Gasteiger charge is 2.36. The number of allylic oxidation sites excluding steroid dienone is 6. The second-order valence-electron chi connectivity index (χ2n) is 17.6. The fourth-order valence-corrected chi connectivity index (χ4v) is 10.6.